The Morgan fingerprint density at radius 1 is 1.14 bits per heavy atom. The summed E-state index contributed by atoms with van der Waals surface area (Å²) in [5.74, 6) is 1.21. The number of ether oxygens (including phenoxy) is 4. The van der Waals surface area contributed by atoms with Gasteiger partial charge >= 0.3 is 5.97 Å². The Bertz CT molecular complexity index is 838. The Hall–Kier alpha value is -2.57. The van der Waals surface area contributed by atoms with E-state index in [4.69, 9.17) is 18.9 Å². The minimum Gasteiger partial charge on any atom is -0.493 e. The van der Waals surface area contributed by atoms with Crippen LogP contribution in [0.5, 0.6) is 11.5 Å². The van der Waals surface area contributed by atoms with Crippen LogP contribution < -0.4 is 9.47 Å². The number of rotatable bonds is 5. The van der Waals surface area contributed by atoms with Gasteiger partial charge in [0.2, 0.25) is 0 Å². The molecule has 1 saturated heterocycles. The molecular formula is C22H25NO5. The number of nitrogens with zero attached hydrogens (tertiary/aromatic N) is 1. The minimum atomic E-state index is -0.305. The van der Waals surface area contributed by atoms with Crippen LogP contribution in [0.1, 0.15) is 27.5 Å². The van der Waals surface area contributed by atoms with Gasteiger partial charge in [-0.2, -0.15) is 0 Å². The maximum Gasteiger partial charge on any atom is 0.338 e. The number of esters is 1. The first-order valence-electron chi connectivity index (χ1n) is 9.50. The Morgan fingerprint density at radius 3 is 2.64 bits per heavy atom. The predicted octanol–water partition coefficient (Wildman–Crippen LogP) is 3.06. The molecule has 2 aromatic carbocycles. The highest BCUT2D eigenvalue weighted by Crippen LogP contribution is 2.42. The van der Waals surface area contributed by atoms with Crippen LogP contribution in [0.2, 0.25) is 0 Å². The molecule has 0 saturated carbocycles. The van der Waals surface area contributed by atoms with E-state index < -0.39 is 0 Å². The van der Waals surface area contributed by atoms with Gasteiger partial charge in [0.15, 0.2) is 11.5 Å². The van der Waals surface area contributed by atoms with Crippen molar-refractivity contribution in [2.45, 2.75) is 12.5 Å². The molecule has 6 nitrogen and oxygen atoms in total. The standard InChI is InChI=1S/C22H25NO5/c1-25-19-10-16-8-9-23-14-27-12-17(21(23)18(16)11-20(19)26-2)13-28-22(24)15-6-4-3-5-7-15/h3-7,10-11,17,21H,8-9,12-14H2,1-2H3/t17-,21+/m0/s1. The number of hydrogen-bond donors (Lipinski definition) is 0. The Labute approximate surface area is 165 Å². The molecule has 6 heteroatoms. The first kappa shape index (κ1) is 18.8. The number of hydrogen-bond acceptors (Lipinski definition) is 6. The zero-order valence-corrected chi connectivity index (χ0v) is 16.2. The molecule has 2 heterocycles. The fourth-order valence-corrected chi connectivity index (χ4v) is 4.12. The highest BCUT2D eigenvalue weighted by Gasteiger charge is 2.38. The molecular weight excluding hydrogens is 358 g/mol. The number of fused-ring (bicyclic) bond motifs is 3. The average Bonchev–Trinajstić information content (AvgIpc) is 2.76. The van der Waals surface area contributed by atoms with E-state index in [0.29, 0.717) is 25.5 Å². The van der Waals surface area contributed by atoms with Crippen molar-refractivity contribution < 1.29 is 23.7 Å². The van der Waals surface area contributed by atoms with E-state index in [-0.39, 0.29) is 17.9 Å². The molecule has 0 aliphatic carbocycles. The van der Waals surface area contributed by atoms with Crippen molar-refractivity contribution in [2.75, 3.05) is 40.7 Å². The first-order valence-corrected chi connectivity index (χ1v) is 9.50. The minimum absolute atomic E-state index is 0.0542. The molecule has 148 valence electrons. The second-order valence-corrected chi connectivity index (χ2v) is 7.14. The van der Waals surface area contributed by atoms with E-state index in [0.717, 1.165) is 24.5 Å². The van der Waals surface area contributed by atoms with Crippen LogP contribution in [0.25, 0.3) is 0 Å². The molecule has 0 aromatic heterocycles. The van der Waals surface area contributed by atoms with Gasteiger partial charge in [0, 0.05) is 18.5 Å². The summed E-state index contributed by atoms with van der Waals surface area (Å²) in [6.07, 6.45) is 0.923. The molecule has 1 fully saturated rings. The molecule has 2 aliphatic heterocycles. The molecule has 2 aromatic rings. The average molecular weight is 383 g/mol. The number of carbonyl (C=O) groups is 1. The third-order valence-corrected chi connectivity index (χ3v) is 5.50. The predicted molar refractivity (Wildman–Crippen MR) is 104 cm³/mol. The van der Waals surface area contributed by atoms with Gasteiger partial charge in [0.25, 0.3) is 0 Å². The summed E-state index contributed by atoms with van der Waals surface area (Å²) in [6, 6.07) is 13.3. The van der Waals surface area contributed by atoms with Crippen molar-refractivity contribution in [3.63, 3.8) is 0 Å². The van der Waals surface area contributed by atoms with Gasteiger partial charge < -0.3 is 18.9 Å². The van der Waals surface area contributed by atoms with E-state index in [1.807, 2.05) is 18.2 Å². The smallest absolute Gasteiger partial charge is 0.338 e. The van der Waals surface area contributed by atoms with Crippen LogP contribution in [0.3, 0.4) is 0 Å². The molecule has 2 aliphatic rings. The van der Waals surface area contributed by atoms with E-state index in [9.17, 15) is 4.79 Å². The van der Waals surface area contributed by atoms with Crippen molar-refractivity contribution in [3.8, 4) is 11.5 Å². The van der Waals surface area contributed by atoms with Gasteiger partial charge in [-0.1, -0.05) is 18.2 Å². The second-order valence-electron chi connectivity index (χ2n) is 7.14. The lowest BCUT2D eigenvalue weighted by Crippen LogP contribution is -2.47. The van der Waals surface area contributed by atoms with Gasteiger partial charge in [-0.3, -0.25) is 4.90 Å². The lowest BCUT2D eigenvalue weighted by molar-refractivity contribution is -0.102. The van der Waals surface area contributed by atoms with Gasteiger partial charge in [-0.25, -0.2) is 4.79 Å². The quantitative estimate of drug-likeness (QED) is 0.740. The van der Waals surface area contributed by atoms with Gasteiger partial charge in [0.1, 0.15) is 0 Å². The third kappa shape index (κ3) is 3.57. The summed E-state index contributed by atoms with van der Waals surface area (Å²) < 4.78 is 22.4. The maximum absolute atomic E-state index is 12.4. The van der Waals surface area contributed by atoms with Crippen LogP contribution in [-0.2, 0) is 15.9 Å². The van der Waals surface area contributed by atoms with Crippen LogP contribution in [0.15, 0.2) is 42.5 Å². The molecule has 2 atom stereocenters. The lowest BCUT2D eigenvalue weighted by atomic mass is 9.84. The Morgan fingerprint density at radius 2 is 1.89 bits per heavy atom. The van der Waals surface area contributed by atoms with E-state index in [2.05, 4.69) is 17.0 Å². The summed E-state index contributed by atoms with van der Waals surface area (Å²) >= 11 is 0. The lowest BCUT2D eigenvalue weighted by Gasteiger charge is -2.44. The Kier molecular flexibility index (Phi) is 5.50. The van der Waals surface area contributed by atoms with Gasteiger partial charge in [0.05, 0.1) is 39.7 Å². The third-order valence-electron chi connectivity index (χ3n) is 5.50. The number of carbonyl (C=O) groups excluding carboxylic acids is 1. The first-order chi connectivity index (χ1) is 13.7. The van der Waals surface area contributed by atoms with Crippen molar-refractivity contribution in [2.24, 2.45) is 5.92 Å². The van der Waals surface area contributed by atoms with Crippen LogP contribution in [-0.4, -0.2) is 51.6 Å². The monoisotopic (exact) mass is 383 g/mol. The van der Waals surface area contributed by atoms with Crippen molar-refractivity contribution in [3.05, 3.63) is 59.2 Å². The molecule has 28 heavy (non-hydrogen) atoms. The molecule has 0 spiro atoms. The summed E-state index contributed by atoms with van der Waals surface area (Å²) in [4.78, 5) is 14.7. The number of methoxy groups -OCH3 is 2. The van der Waals surface area contributed by atoms with Crippen molar-refractivity contribution in [1.29, 1.82) is 0 Å². The molecule has 0 amide bonds. The zero-order valence-electron chi connectivity index (χ0n) is 16.2. The maximum atomic E-state index is 12.4. The van der Waals surface area contributed by atoms with Gasteiger partial charge in [-0.05, 0) is 41.8 Å². The van der Waals surface area contributed by atoms with E-state index >= 15 is 0 Å². The Balaban J connectivity index is 1.57. The van der Waals surface area contributed by atoms with Crippen molar-refractivity contribution >= 4 is 5.97 Å². The van der Waals surface area contributed by atoms with Crippen molar-refractivity contribution in [1.82, 2.24) is 4.90 Å². The summed E-state index contributed by atoms with van der Waals surface area (Å²) in [5, 5.41) is 0. The van der Waals surface area contributed by atoms with Crippen LogP contribution >= 0.6 is 0 Å². The van der Waals surface area contributed by atoms with Gasteiger partial charge in [-0.15, -0.1) is 0 Å². The van der Waals surface area contributed by atoms with E-state index in [1.165, 1.54) is 11.1 Å². The van der Waals surface area contributed by atoms with Crippen LogP contribution in [0.4, 0.5) is 0 Å². The topological polar surface area (TPSA) is 57.2 Å². The normalized spacial score (nSPS) is 21.4. The summed E-state index contributed by atoms with van der Waals surface area (Å²) in [7, 11) is 3.30. The summed E-state index contributed by atoms with van der Waals surface area (Å²) in [5.41, 5.74) is 3.01. The SMILES string of the molecule is COc1cc2c(cc1OC)[C@H]1[C@H](COC(=O)c3ccccc3)COCN1CC2. The zero-order chi connectivity index (χ0) is 19.5. The molecule has 0 bridgehead atoms. The molecule has 0 unspecified atom stereocenters. The fourth-order valence-electron chi connectivity index (χ4n) is 4.12. The molecule has 4 rings (SSSR count). The second kappa shape index (κ2) is 8.20. The molecule has 0 radical (unpaired) electrons. The fraction of sp³-hybridized carbons (Fsp3) is 0.409. The highest BCUT2D eigenvalue weighted by molar-refractivity contribution is 5.89. The highest BCUT2D eigenvalue weighted by atomic mass is 16.5. The summed E-state index contributed by atoms with van der Waals surface area (Å²) in [6.45, 7) is 2.34. The molecule has 0 N–H and O–H groups in total. The largest absolute Gasteiger partial charge is 0.493 e. The van der Waals surface area contributed by atoms with Crippen LogP contribution in [0, 0.1) is 5.92 Å². The van der Waals surface area contributed by atoms with E-state index in [1.54, 1.807) is 26.4 Å². The number of benzene rings is 2.